The van der Waals surface area contributed by atoms with Gasteiger partial charge in [-0.1, -0.05) is 12.1 Å². The van der Waals surface area contributed by atoms with Gasteiger partial charge < -0.3 is 5.32 Å². The molecule has 1 saturated carbocycles. The molecule has 164 valence electrons. The first kappa shape index (κ1) is 21.5. The summed E-state index contributed by atoms with van der Waals surface area (Å²) >= 11 is 3.33. The van der Waals surface area contributed by atoms with Crippen molar-refractivity contribution in [2.75, 3.05) is 5.32 Å². The maximum atomic E-state index is 13.0. The molecule has 1 fully saturated rings. The van der Waals surface area contributed by atoms with E-state index in [9.17, 15) is 22.4 Å². The summed E-state index contributed by atoms with van der Waals surface area (Å²) in [6, 6.07) is 7.06. The largest absolute Gasteiger partial charge is 0.435 e. The molecule has 0 spiro atoms. The Morgan fingerprint density at radius 2 is 1.90 bits per heavy atom. The third kappa shape index (κ3) is 5.33. The molecule has 2 heterocycles. The molecule has 1 N–H and O–H groups in total. The number of alkyl halides is 3. The molecule has 0 saturated heterocycles. The third-order valence-corrected chi connectivity index (χ3v) is 5.46. The van der Waals surface area contributed by atoms with E-state index in [-0.39, 0.29) is 24.7 Å². The van der Waals surface area contributed by atoms with Crippen LogP contribution in [0.25, 0.3) is 0 Å². The molecule has 6 nitrogen and oxygen atoms in total. The number of aryl methyl sites for hydroxylation is 1. The Bertz CT molecular complexity index is 1090. The van der Waals surface area contributed by atoms with Crippen LogP contribution in [0.2, 0.25) is 0 Å². The number of carbonyl (C=O) groups is 1. The molecule has 0 aliphatic heterocycles. The topological polar surface area (TPSA) is 64.7 Å². The second-order valence-electron chi connectivity index (χ2n) is 7.40. The van der Waals surface area contributed by atoms with Crippen LogP contribution < -0.4 is 5.32 Å². The summed E-state index contributed by atoms with van der Waals surface area (Å²) in [6.07, 6.45) is -1.23. The molecule has 3 aromatic rings. The van der Waals surface area contributed by atoms with Crippen molar-refractivity contribution < 1.29 is 22.4 Å². The van der Waals surface area contributed by atoms with Crippen molar-refractivity contribution in [1.29, 1.82) is 0 Å². The van der Waals surface area contributed by atoms with Crippen LogP contribution in [-0.4, -0.2) is 25.5 Å². The first-order valence-corrected chi connectivity index (χ1v) is 10.4. The molecule has 1 aromatic carbocycles. The lowest BCUT2D eigenvalue weighted by molar-refractivity contribution is -0.141. The van der Waals surface area contributed by atoms with Gasteiger partial charge in [-0.2, -0.15) is 23.4 Å². The van der Waals surface area contributed by atoms with Gasteiger partial charge in [-0.25, -0.2) is 4.39 Å². The monoisotopic (exact) mass is 499 g/mol. The maximum absolute atomic E-state index is 13.0. The van der Waals surface area contributed by atoms with E-state index in [1.54, 1.807) is 23.0 Å². The van der Waals surface area contributed by atoms with Crippen LogP contribution in [-0.2, 0) is 24.1 Å². The highest BCUT2D eigenvalue weighted by Gasteiger charge is 2.37. The average Bonchev–Trinajstić information content (AvgIpc) is 3.35. The van der Waals surface area contributed by atoms with Crippen LogP contribution in [0.15, 0.2) is 41.0 Å². The van der Waals surface area contributed by atoms with Gasteiger partial charge in [-0.15, -0.1) is 0 Å². The van der Waals surface area contributed by atoms with Gasteiger partial charge in [0.05, 0.1) is 11.0 Å². The third-order valence-electron chi connectivity index (χ3n) is 4.88. The minimum absolute atomic E-state index is 0.0433. The van der Waals surface area contributed by atoms with E-state index in [0.29, 0.717) is 22.5 Å². The van der Waals surface area contributed by atoms with E-state index in [0.717, 1.165) is 24.5 Å². The van der Waals surface area contributed by atoms with Gasteiger partial charge in [0.25, 0.3) is 0 Å². The van der Waals surface area contributed by atoms with Crippen LogP contribution in [0.4, 0.5) is 23.4 Å². The zero-order valence-corrected chi connectivity index (χ0v) is 17.7. The van der Waals surface area contributed by atoms with Crippen molar-refractivity contribution in [2.24, 2.45) is 0 Å². The van der Waals surface area contributed by atoms with Crippen LogP contribution in [0.5, 0.6) is 0 Å². The number of benzene rings is 1. The summed E-state index contributed by atoms with van der Waals surface area (Å²) in [5.74, 6) is -0.352. The molecule has 1 aliphatic carbocycles. The van der Waals surface area contributed by atoms with Gasteiger partial charge in [0.2, 0.25) is 5.91 Å². The molecule has 0 bridgehead atoms. The average molecular weight is 500 g/mol. The van der Waals surface area contributed by atoms with Gasteiger partial charge in [0, 0.05) is 30.8 Å². The van der Waals surface area contributed by atoms with Crippen molar-refractivity contribution in [2.45, 2.75) is 44.4 Å². The fraction of sp³-hybridized carbons (Fsp3) is 0.350. The highest BCUT2D eigenvalue weighted by atomic mass is 79.9. The number of halogens is 5. The number of nitrogens with zero attached hydrogens (tertiary/aromatic N) is 4. The summed E-state index contributed by atoms with van der Waals surface area (Å²) < 4.78 is 55.4. The number of amides is 1. The summed E-state index contributed by atoms with van der Waals surface area (Å²) in [5.41, 5.74) is 0.419. The first-order valence-electron chi connectivity index (χ1n) is 9.61. The number of hydrogen-bond donors (Lipinski definition) is 1. The molecule has 1 aliphatic rings. The fourth-order valence-corrected chi connectivity index (χ4v) is 3.61. The Hall–Kier alpha value is -2.69. The fourth-order valence-electron chi connectivity index (χ4n) is 3.20. The van der Waals surface area contributed by atoms with Crippen LogP contribution >= 0.6 is 15.9 Å². The number of carbonyl (C=O) groups excluding carboxylic acids is 1. The van der Waals surface area contributed by atoms with E-state index in [2.05, 4.69) is 31.4 Å². The summed E-state index contributed by atoms with van der Waals surface area (Å²) in [4.78, 5) is 12.4. The maximum Gasteiger partial charge on any atom is 0.435 e. The van der Waals surface area contributed by atoms with E-state index in [1.807, 2.05) is 0 Å². The summed E-state index contributed by atoms with van der Waals surface area (Å²) in [7, 11) is 0. The lowest BCUT2D eigenvalue weighted by atomic mass is 10.2. The van der Waals surface area contributed by atoms with Crippen molar-refractivity contribution in [3.05, 3.63) is 63.8 Å². The highest BCUT2D eigenvalue weighted by molar-refractivity contribution is 9.10. The minimum atomic E-state index is -4.51. The van der Waals surface area contributed by atoms with E-state index < -0.39 is 17.8 Å². The van der Waals surface area contributed by atoms with Gasteiger partial charge in [0.15, 0.2) is 11.5 Å². The van der Waals surface area contributed by atoms with Crippen molar-refractivity contribution >= 4 is 27.7 Å². The lowest BCUT2D eigenvalue weighted by Crippen LogP contribution is -2.17. The molecular formula is C20H18BrF4N5O. The predicted molar refractivity (Wildman–Crippen MR) is 108 cm³/mol. The number of nitrogens with one attached hydrogen (secondary N) is 1. The van der Waals surface area contributed by atoms with Gasteiger partial charge in [0.1, 0.15) is 5.82 Å². The van der Waals surface area contributed by atoms with Crippen molar-refractivity contribution in [3.8, 4) is 0 Å². The summed E-state index contributed by atoms with van der Waals surface area (Å²) in [5, 5.41) is 10.6. The Kier molecular flexibility index (Phi) is 5.87. The highest BCUT2D eigenvalue weighted by Crippen LogP contribution is 2.42. The quantitative estimate of drug-likeness (QED) is 0.467. The minimum Gasteiger partial charge on any atom is -0.308 e. The van der Waals surface area contributed by atoms with Crippen molar-refractivity contribution in [3.63, 3.8) is 0 Å². The van der Waals surface area contributed by atoms with Gasteiger partial charge in [-0.05, 0) is 52.5 Å². The zero-order valence-electron chi connectivity index (χ0n) is 16.2. The Balaban J connectivity index is 1.38. The normalized spacial score (nSPS) is 14.1. The molecule has 0 atom stereocenters. The van der Waals surface area contributed by atoms with E-state index >= 15 is 0 Å². The second kappa shape index (κ2) is 8.45. The SMILES string of the molecule is O=C(CCn1nc(C(F)(F)F)cc1C1CC1)Nc1nn(Cc2ccc(F)cc2)cc1Br. The van der Waals surface area contributed by atoms with Crippen LogP contribution in [0.3, 0.4) is 0 Å². The Morgan fingerprint density at radius 1 is 1.19 bits per heavy atom. The van der Waals surface area contributed by atoms with Gasteiger partial charge >= 0.3 is 6.18 Å². The number of aromatic nitrogens is 4. The molecule has 31 heavy (non-hydrogen) atoms. The molecule has 0 unspecified atom stereocenters. The molecule has 0 radical (unpaired) electrons. The second-order valence-corrected chi connectivity index (χ2v) is 8.25. The summed E-state index contributed by atoms with van der Waals surface area (Å²) in [6.45, 7) is 0.425. The zero-order chi connectivity index (χ0) is 22.2. The Morgan fingerprint density at radius 3 is 2.55 bits per heavy atom. The molecular weight excluding hydrogens is 482 g/mol. The standard InChI is InChI=1S/C20H18BrF4N5O/c21-15-11-29(10-12-1-5-14(22)6-2-12)28-19(15)26-18(31)7-8-30-16(13-3-4-13)9-17(27-30)20(23,24)25/h1-2,5-6,9,11,13H,3-4,7-8,10H2,(H,26,28,31). The predicted octanol–water partition coefficient (Wildman–Crippen LogP) is 4.95. The Labute approximate surface area is 183 Å². The number of hydrogen-bond acceptors (Lipinski definition) is 3. The number of rotatable bonds is 7. The van der Waals surface area contributed by atoms with Gasteiger partial charge in [-0.3, -0.25) is 14.2 Å². The van der Waals surface area contributed by atoms with Crippen LogP contribution in [0.1, 0.15) is 42.1 Å². The molecule has 4 rings (SSSR count). The first-order chi connectivity index (χ1) is 14.7. The molecule has 11 heteroatoms. The number of anilines is 1. The smallest absolute Gasteiger partial charge is 0.308 e. The van der Waals surface area contributed by atoms with E-state index in [1.165, 1.54) is 16.8 Å². The van der Waals surface area contributed by atoms with Crippen LogP contribution in [0, 0.1) is 5.82 Å². The van der Waals surface area contributed by atoms with Crippen molar-refractivity contribution in [1.82, 2.24) is 19.6 Å². The lowest BCUT2D eigenvalue weighted by Gasteiger charge is -2.07. The van der Waals surface area contributed by atoms with E-state index in [4.69, 9.17) is 0 Å². The molecule has 2 aromatic heterocycles. The molecule has 1 amide bonds.